The molecule has 0 aromatic heterocycles. The Morgan fingerprint density at radius 1 is 1.39 bits per heavy atom. The number of nitrogens with two attached hydrogens (primary N) is 1. The maximum Gasteiger partial charge on any atom is 0.326 e. The van der Waals surface area contributed by atoms with Crippen molar-refractivity contribution in [3.63, 3.8) is 0 Å². The number of nitrogens with one attached hydrogen (secondary N) is 1. The molecule has 0 aliphatic carbocycles. The van der Waals surface area contributed by atoms with Gasteiger partial charge in [-0.2, -0.15) is 11.8 Å². The molecule has 0 rings (SSSR count). The lowest BCUT2D eigenvalue weighted by Gasteiger charge is -2.30. The molecule has 0 saturated carbocycles. The van der Waals surface area contributed by atoms with E-state index in [2.05, 4.69) is 5.32 Å². The molecule has 4 N–H and O–H groups in total. The van der Waals surface area contributed by atoms with Crippen LogP contribution in [-0.4, -0.2) is 41.6 Å². The summed E-state index contributed by atoms with van der Waals surface area (Å²) < 4.78 is 0. The normalized spacial score (nSPS) is 13.1. The quantitative estimate of drug-likeness (QED) is 0.586. The predicted molar refractivity (Wildman–Crippen MR) is 74.6 cm³/mol. The molecule has 0 heterocycles. The van der Waals surface area contributed by atoms with Gasteiger partial charge in [-0.15, -0.1) is 0 Å². The number of hydrogen-bond acceptors (Lipinski definition) is 4. The van der Waals surface area contributed by atoms with Crippen LogP contribution in [-0.2, 0) is 9.59 Å². The van der Waals surface area contributed by atoms with Crippen LogP contribution in [0.2, 0.25) is 0 Å². The molecule has 18 heavy (non-hydrogen) atoms. The summed E-state index contributed by atoms with van der Waals surface area (Å²) in [6.07, 6.45) is 3.56. The van der Waals surface area contributed by atoms with Crippen molar-refractivity contribution in [3.05, 3.63) is 0 Å². The number of amides is 1. The molecule has 1 unspecified atom stereocenters. The molecule has 1 amide bonds. The first-order valence-corrected chi connectivity index (χ1v) is 7.59. The Hall–Kier alpha value is -0.750. The number of carbonyl (C=O) groups is 2. The van der Waals surface area contributed by atoms with Gasteiger partial charge in [0.05, 0.1) is 5.41 Å². The molecule has 0 aliphatic rings. The van der Waals surface area contributed by atoms with Crippen molar-refractivity contribution >= 4 is 23.6 Å². The van der Waals surface area contributed by atoms with Crippen molar-refractivity contribution in [3.8, 4) is 0 Å². The molecule has 1 atom stereocenters. The van der Waals surface area contributed by atoms with Crippen molar-refractivity contribution in [2.45, 2.75) is 39.2 Å². The maximum atomic E-state index is 12.2. The van der Waals surface area contributed by atoms with Crippen LogP contribution in [0.1, 0.15) is 33.1 Å². The van der Waals surface area contributed by atoms with Crippen LogP contribution in [0, 0.1) is 5.41 Å². The highest BCUT2D eigenvalue weighted by Crippen LogP contribution is 2.25. The zero-order valence-electron chi connectivity index (χ0n) is 11.4. The minimum absolute atomic E-state index is 0.237. The number of aliphatic carboxylic acids is 1. The average molecular weight is 276 g/mol. The van der Waals surface area contributed by atoms with Crippen LogP contribution >= 0.6 is 11.8 Å². The molecular weight excluding hydrogens is 252 g/mol. The molecule has 0 aromatic carbocycles. The maximum absolute atomic E-state index is 12.2. The molecule has 0 fully saturated rings. The minimum atomic E-state index is -0.990. The third-order valence-corrected chi connectivity index (χ3v) is 4.08. The Balaban J connectivity index is 4.71. The Morgan fingerprint density at radius 2 is 1.94 bits per heavy atom. The van der Waals surface area contributed by atoms with E-state index in [0.29, 0.717) is 25.0 Å². The van der Waals surface area contributed by atoms with Gasteiger partial charge in [0.2, 0.25) is 5.91 Å². The summed E-state index contributed by atoms with van der Waals surface area (Å²) in [5.41, 5.74) is 5.02. The molecule has 0 spiro atoms. The molecule has 106 valence electrons. The van der Waals surface area contributed by atoms with Gasteiger partial charge in [0, 0.05) is 6.54 Å². The Labute approximate surface area is 113 Å². The summed E-state index contributed by atoms with van der Waals surface area (Å²) in [4.78, 5) is 23.3. The summed E-state index contributed by atoms with van der Waals surface area (Å²) in [5, 5.41) is 11.7. The van der Waals surface area contributed by atoms with Crippen molar-refractivity contribution in [1.29, 1.82) is 0 Å². The fraction of sp³-hybridized carbons (Fsp3) is 0.833. The van der Waals surface area contributed by atoms with Gasteiger partial charge in [-0.1, -0.05) is 13.8 Å². The van der Waals surface area contributed by atoms with Gasteiger partial charge in [-0.05, 0) is 31.3 Å². The van der Waals surface area contributed by atoms with Gasteiger partial charge < -0.3 is 16.2 Å². The highest BCUT2D eigenvalue weighted by molar-refractivity contribution is 7.98. The molecule has 0 aliphatic heterocycles. The zero-order valence-corrected chi connectivity index (χ0v) is 12.2. The van der Waals surface area contributed by atoms with E-state index in [4.69, 9.17) is 10.8 Å². The Kier molecular flexibility index (Phi) is 8.02. The highest BCUT2D eigenvalue weighted by Gasteiger charge is 2.35. The fourth-order valence-corrected chi connectivity index (χ4v) is 2.23. The van der Waals surface area contributed by atoms with Crippen LogP contribution in [0.15, 0.2) is 0 Å². The van der Waals surface area contributed by atoms with E-state index < -0.39 is 17.4 Å². The first-order valence-electron chi connectivity index (χ1n) is 6.20. The molecular formula is C12H24N2O3S. The molecule has 5 nitrogen and oxygen atoms in total. The van der Waals surface area contributed by atoms with Crippen LogP contribution in [0.5, 0.6) is 0 Å². The fourth-order valence-electron chi connectivity index (χ4n) is 1.76. The predicted octanol–water partition coefficient (Wildman–Crippen LogP) is 1.07. The standard InChI is InChI=1S/C12H24N2O3S/c1-4-12(5-2,8-13)11(17)14-9(10(15)16)6-7-18-3/h9H,4-8,13H2,1-3H3,(H,14,17)(H,15,16). The number of hydrogen-bond donors (Lipinski definition) is 3. The molecule has 0 aromatic rings. The van der Waals surface area contributed by atoms with Crippen LogP contribution < -0.4 is 11.1 Å². The third-order valence-electron chi connectivity index (χ3n) is 3.44. The molecule has 0 bridgehead atoms. The molecule has 6 heteroatoms. The van der Waals surface area contributed by atoms with Crippen molar-refractivity contribution in [2.24, 2.45) is 11.1 Å². The zero-order chi connectivity index (χ0) is 14.2. The number of carbonyl (C=O) groups excluding carboxylic acids is 1. The van der Waals surface area contributed by atoms with E-state index in [9.17, 15) is 9.59 Å². The monoisotopic (exact) mass is 276 g/mol. The van der Waals surface area contributed by atoms with Crippen LogP contribution in [0.4, 0.5) is 0 Å². The van der Waals surface area contributed by atoms with Gasteiger partial charge in [0.25, 0.3) is 0 Å². The van der Waals surface area contributed by atoms with E-state index in [0.717, 1.165) is 0 Å². The minimum Gasteiger partial charge on any atom is -0.480 e. The van der Waals surface area contributed by atoms with Gasteiger partial charge >= 0.3 is 5.97 Å². The van der Waals surface area contributed by atoms with E-state index in [-0.39, 0.29) is 12.5 Å². The van der Waals surface area contributed by atoms with E-state index in [1.165, 1.54) is 0 Å². The number of carboxylic acid groups (broad SMARTS) is 1. The lowest BCUT2D eigenvalue weighted by molar-refractivity contribution is -0.144. The molecule has 0 radical (unpaired) electrons. The van der Waals surface area contributed by atoms with Gasteiger partial charge in [0.1, 0.15) is 6.04 Å². The second-order valence-corrected chi connectivity index (χ2v) is 5.32. The van der Waals surface area contributed by atoms with Gasteiger partial charge in [-0.3, -0.25) is 4.79 Å². The largest absolute Gasteiger partial charge is 0.480 e. The average Bonchev–Trinajstić information content (AvgIpc) is 2.36. The number of thioether (sulfide) groups is 1. The van der Waals surface area contributed by atoms with Gasteiger partial charge in [0.15, 0.2) is 0 Å². The first-order chi connectivity index (χ1) is 8.47. The van der Waals surface area contributed by atoms with Crippen molar-refractivity contribution in [1.82, 2.24) is 5.32 Å². The second kappa shape index (κ2) is 8.37. The number of rotatable bonds is 9. The Morgan fingerprint density at radius 3 is 2.28 bits per heavy atom. The molecule has 0 saturated heterocycles. The summed E-state index contributed by atoms with van der Waals surface area (Å²) in [6.45, 7) is 4.03. The summed E-state index contributed by atoms with van der Waals surface area (Å²) in [7, 11) is 0. The highest BCUT2D eigenvalue weighted by atomic mass is 32.2. The van der Waals surface area contributed by atoms with E-state index in [1.54, 1.807) is 11.8 Å². The Bertz CT molecular complexity index is 272. The first kappa shape index (κ1) is 17.2. The third kappa shape index (κ3) is 4.49. The van der Waals surface area contributed by atoms with E-state index in [1.807, 2.05) is 20.1 Å². The van der Waals surface area contributed by atoms with Crippen molar-refractivity contribution < 1.29 is 14.7 Å². The van der Waals surface area contributed by atoms with Crippen molar-refractivity contribution in [2.75, 3.05) is 18.6 Å². The topological polar surface area (TPSA) is 92.4 Å². The lowest BCUT2D eigenvalue weighted by atomic mass is 9.81. The smallest absolute Gasteiger partial charge is 0.326 e. The lowest BCUT2D eigenvalue weighted by Crippen LogP contribution is -2.51. The van der Waals surface area contributed by atoms with Gasteiger partial charge in [-0.25, -0.2) is 4.79 Å². The SMILES string of the molecule is CCC(CC)(CN)C(=O)NC(CCSC)C(=O)O. The van der Waals surface area contributed by atoms with E-state index >= 15 is 0 Å². The van der Waals surface area contributed by atoms with Crippen LogP contribution in [0.3, 0.4) is 0 Å². The summed E-state index contributed by atoms with van der Waals surface area (Å²) in [6, 6.07) is -0.825. The number of carboxylic acids is 1. The summed E-state index contributed by atoms with van der Waals surface area (Å²) >= 11 is 1.56. The summed E-state index contributed by atoms with van der Waals surface area (Å²) in [5.74, 6) is -0.537. The second-order valence-electron chi connectivity index (χ2n) is 4.34. The van der Waals surface area contributed by atoms with Crippen LogP contribution in [0.25, 0.3) is 0 Å².